The highest BCUT2D eigenvalue weighted by molar-refractivity contribution is 6.52. The van der Waals surface area contributed by atoms with Gasteiger partial charge in [-0.3, -0.25) is 0 Å². The van der Waals surface area contributed by atoms with Gasteiger partial charge in [-0.1, -0.05) is 62.3 Å². The van der Waals surface area contributed by atoms with Gasteiger partial charge in [0.25, 0.3) is 0 Å². The van der Waals surface area contributed by atoms with Crippen LogP contribution in [0, 0.1) is 34.0 Å². The topological polar surface area (TPSA) is 125 Å². The van der Waals surface area contributed by atoms with E-state index in [1.54, 1.807) is 32.4 Å². The average Bonchev–Trinajstić information content (AvgIpc) is 3.43. The van der Waals surface area contributed by atoms with Crippen molar-refractivity contribution in [3.8, 4) is 18.2 Å². The lowest BCUT2D eigenvalue weighted by Gasteiger charge is -2.28. The third-order valence-electron chi connectivity index (χ3n) is 5.65. The SMILES string of the molecule is CC(C)(C)c1nn([BH-](n2cc(C#N)c(C(C)(C)C)n2)n2cc(C#N)c(C(C)(C)C)n2)cc1C#N. The number of hydrogen-bond donors (Lipinski definition) is 0. The highest BCUT2D eigenvalue weighted by Crippen LogP contribution is 2.28. The summed E-state index contributed by atoms with van der Waals surface area (Å²) in [6.45, 7) is 18.0. The van der Waals surface area contributed by atoms with Crippen LogP contribution in [-0.2, 0) is 16.2 Å². The zero-order chi connectivity index (χ0) is 25.6. The highest BCUT2D eigenvalue weighted by Gasteiger charge is 2.29. The zero-order valence-corrected chi connectivity index (χ0v) is 21.5. The lowest BCUT2D eigenvalue weighted by atomic mass is 9.90. The molecule has 0 unspecified atom stereocenters. The predicted octanol–water partition coefficient (Wildman–Crippen LogP) is 3.45. The molecule has 3 aromatic rings. The van der Waals surface area contributed by atoms with Crippen molar-refractivity contribution in [2.45, 2.75) is 78.6 Å². The van der Waals surface area contributed by atoms with Gasteiger partial charge in [0, 0.05) is 34.8 Å². The normalized spacial score (nSPS) is 12.4. The molecule has 0 bridgehead atoms. The quantitative estimate of drug-likeness (QED) is 0.556. The van der Waals surface area contributed by atoms with Crippen molar-refractivity contribution in [3.63, 3.8) is 0 Å². The molecule has 34 heavy (non-hydrogen) atoms. The molecule has 0 saturated heterocycles. The van der Waals surface area contributed by atoms with Gasteiger partial charge in [-0.2, -0.15) is 15.8 Å². The molecule has 3 rings (SSSR count). The molecule has 0 atom stereocenters. The molecular formula is C24H31BN9-. The number of nitrogens with zero attached hydrogens (tertiary/aromatic N) is 9. The minimum atomic E-state index is -1.88. The molecule has 0 radical (unpaired) electrons. The molecule has 0 aromatic carbocycles. The van der Waals surface area contributed by atoms with E-state index in [-0.39, 0.29) is 16.2 Å². The lowest BCUT2D eigenvalue weighted by Crippen LogP contribution is -2.43. The Labute approximate surface area is 201 Å². The summed E-state index contributed by atoms with van der Waals surface area (Å²) < 4.78 is 5.13. The summed E-state index contributed by atoms with van der Waals surface area (Å²) in [5.74, 6) is 0. The van der Waals surface area contributed by atoms with E-state index in [0.29, 0.717) is 33.8 Å². The fraction of sp³-hybridized carbons (Fsp3) is 0.500. The fourth-order valence-electron chi connectivity index (χ4n) is 4.05. The van der Waals surface area contributed by atoms with Crippen molar-refractivity contribution >= 4 is 7.12 Å². The van der Waals surface area contributed by atoms with E-state index in [1.807, 2.05) is 62.3 Å². The molecule has 10 heteroatoms. The Hall–Kier alpha value is -3.84. The highest BCUT2D eigenvalue weighted by atomic mass is 15.5. The van der Waals surface area contributed by atoms with Crippen LogP contribution in [0.25, 0.3) is 0 Å². The number of rotatable bonds is 3. The second-order valence-electron chi connectivity index (χ2n) is 11.8. The molecule has 3 heterocycles. The van der Waals surface area contributed by atoms with E-state index >= 15 is 0 Å². The van der Waals surface area contributed by atoms with Gasteiger partial charge in [0.15, 0.2) is 0 Å². The second-order valence-corrected chi connectivity index (χ2v) is 11.8. The number of nitriles is 3. The first-order valence-corrected chi connectivity index (χ1v) is 11.3. The first-order chi connectivity index (χ1) is 15.6. The first kappa shape index (κ1) is 24.8. The van der Waals surface area contributed by atoms with Crippen LogP contribution < -0.4 is 0 Å². The van der Waals surface area contributed by atoms with Gasteiger partial charge in [-0.05, 0) is 0 Å². The maximum Gasteiger partial charge on any atom is 0.326 e. The minimum absolute atomic E-state index is 0.350. The van der Waals surface area contributed by atoms with Crippen LogP contribution in [0.2, 0.25) is 0 Å². The molecule has 0 N–H and O–H groups in total. The Morgan fingerprint density at radius 2 is 0.794 bits per heavy atom. The molecule has 0 amide bonds. The van der Waals surface area contributed by atoms with E-state index in [0.717, 1.165) is 0 Å². The van der Waals surface area contributed by atoms with Crippen molar-refractivity contribution in [2.75, 3.05) is 0 Å². The Morgan fingerprint density at radius 3 is 0.941 bits per heavy atom. The fourth-order valence-corrected chi connectivity index (χ4v) is 4.05. The minimum Gasteiger partial charge on any atom is -0.401 e. The van der Waals surface area contributed by atoms with Crippen molar-refractivity contribution in [2.24, 2.45) is 0 Å². The van der Waals surface area contributed by atoms with E-state index in [1.165, 1.54) is 0 Å². The summed E-state index contributed by atoms with van der Waals surface area (Å²) in [5, 5.41) is 43.7. The standard InChI is InChI=1S/C24H31BN9/c1-22(2,3)19-16(10-26)13-32(29-19)25(33-14-17(11-27)20(30-33)23(4,5)6)34-15-18(12-28)21(31-34)24(7,8)9/h13-15,25H,1-9H3/q-1. The third-order valence-corrected chi connectivity index (χ3v) is 5.65. The molecule has 0 aliphatic carbocycles. The van der Waals surface area contributed by atoms with Crippen LogP contribution in [-0.4, -0.2) is 36.2 Å². The molecular weight excluding hydrogens is 425 g/mol. The van der Waals surface area contributed by atoms with Crippen LogP contribution in [0.4, 0.5) is 0 Å². The third kappa shape index (κ3) is 4.47. The molecule has 176 valence electrons. The van der Waals surface area contributed by atoms with Gasteiger partial charge in [-0.25, -0.2) is 15.3 Å². The Balaban J connectivity index is 2.35. The summed E-state index contributed by atoms with van der Waals surface area (Å²) in [6.07, 6.45) is 5.11. The Kier molecular flexibility index (Phi) is 5.97. The van der Waals surface area contributed by atoms with E-state index < -0.39 is 7.12 Å². The Bertz CT molecular complexity index is 1180. The van der Waals surface area contributed by atoms with Crippen LogP contribution >= 0.6 is 0 Å². The maximum absolute atomic E-state index is 9.78. The van der Waals surface area contributed by atoms with E-state index in [9.17, 15) is 15.8 Å². The molecule has 0 aliphatic rings. The summed E-state index contributed by atoms with van der Waals surface area (Å²) in [5.41, 5.74) is 2.36. The summed E-state index contributed by atoms with van der Waals surface area (Å²) >= 11 is 0. The van der Waals surface area contributed by atoms with Gasteiger partial charge in [0.05, 0.1) is 33.8 Å². The van der Waals surface area contributed by atoms with Crippen molar-refractivity contribution in [3.05, 3.63) is 52.4 Å². The summed E-state index contributed by atoms with van der Waals surface area (Å²) in [6, 6.07) is 6.75. The predicted molar refractivity (Wildman–Crippen MR) is 130 cm³/mol. The monoisotopic (exact) mass is 456 g/mol. The van der Waals surface area contributed by atoms with Gasteiger partial charge in [-0.15, -0.1) is 0 Å². The molecule has 3 aromatic heterocycles. The van der Waals surface area contributed by atoms with Gasteiger partial charge >= 0.3 is 7.12 Å². The van der Waals surface area contributed by atoms with Crippen molar-refractivity contribution in [1.82, 2.24) is 29.1 Å². The number of aromatic nitrogens is 6. The second kappa shape index (κ2) is 8.19. The first-order valence-electron chi connectivity index (χ1n) is 11.3. The average molecular weight is 456 g/mol. The van der Waals surface area contributed by atoms with Gasteiger partial charge in [0.1, 0.15) is 18.2 Å². The Morgan fingerprint density at radius 1 is 0.559 bits per heavy atom. The van der Waals surface area contributed by atoms with Crippen LogP contribution in [0.15, 0.2) is 18.6 Å². The van der Waals surface area contributed by atoms with E-state index in [2.05, 4.69) is 18.2 Å². The molecule has 0 fully saturated rings. The zero-order valence-electron chi connectivity index (χ0n) is 21.5. The molecule has 9 nitrogen and oxygen atoms in total. The van der Waals surface area contributed by atoms with Crippen molar-refractivity contribution < 1.29 is 0 Å². The largest absolute Gasteiger partial charge is 0.401 e. The molecule has 0 spiro atoms. The van der Waals surface area contributed by atoms with Crippen LogP contribution in [0.5, 0.6) is 0 Å². The van der Waals surface area contributed by atoms with Gasteiger partial charge < -0.3 is 13.8 Å². The molecule has 0 saturated carbocycles. The smallest absolute Gasteiger partial charge is 0.326 e. The van der Waals surface area contributed by atoms with E-state index in [4.69, 9.17) is 15.3 Å². The van der Waals surface area contributed by atoms with Crippen LogP contribution in [0.1, 0.15) is 96.1 Å². The van der Waals surface area contributed by atoms with Gasteiger partial charge in [0.2, 0.25) is 0 Å². The summed E-state index contributed by atoms with van der Waals surface area (Å²) in [4.78, 5) is 0. The van der Waals surface area contributed by atoms with Crippen molar-refractivity contribution in [1.29, 1.82) is 15.8 Å². The maximum atomic E-state index is 9.78. The van der Waals surface area contributed by atoms with Crippen LogP contribution in [0.3, 0.4) is 0 Å². The summed E-state index contributed by atoms with van der Waals surface area (Å²) in [7, 11) is -1.88. The lowest BCUT2D eigenvalue weighted by molar-refractivity contribution is 0.550. The number of hydrogen-bond acceptors (Lipinski definition) is 6. The molecule has 0 aliphatic heterocycles.